The van der Waals surface area contributed by atoms with Crippen molar-refractivity contribution in [2.24, 2.45) is 0 Å². The van der Waals surface area contributed by atoms with Crippen LogP contribution in [0, 0.1) is 0 Å². The second kappa shape index (κ2) is 47.1. The highest BCUT2D eigenvalue weighted by molar-refractivity contribution is 7.45. The summed E-state index contributed by atoms with van der Waals surface area (Å²) in [7, 11) is 1.14. The molecule has 0 spiro atoms. The molecule has 0 N–H and O–H groups in total. The largest absolute Gasteiger partial charge is 0.756 e. The van der Waals surface area contributed by atoms with Gasteiger partial charge in [0, 0.05) is 12.8 Å². The smallest absolute Gasteiger partial charge is 0.306 e. The number of hydrogen-bond donors (Lipinski definition) is 0. The van der Waals surface area contributed by atoms with Crippen LogP contribution in [0.3, 0.4) is 0 Å². The fourth-order valence-electron chi connectivity index (χ4n) is 7.41. The fourth-order valence-corrected chi connectivity index (χ4v) is 8.14. The van der Waals surface area contributed by atoms with E-state index in [0.29, 0.717) is 23.9 Å². The SMILES string of the molecule is CCCCCCCCC/C=C/C/C=C/C/C=C/C/C=C/CCCC(=O)OC[C@H](COP(=O)([O-])OCC[N+](C)(C)C)OC(=O)CCCCCCCCCCCCCCCCCCCCCC. The molecule has 0 rings (SSSR count). The quantitative estimate of drug-likeness (QED) is 0.0195. The highest BCUT2D eigenvalue weighted by Crippen LogP contribution is 2.38. The highest BCUT2D eigenvalue weighted by Gasteiger charge is 2.21. The molecule has 1 unspecified atom stereocenters. The molecular weight excluding hydrogens is 834 g/mol. The number of phosphoric ester groups is 1. The van der Waals surface area contributed by atoms with Crippen LogP contribution in [0.5, 0.6) is 0 Å². The number of likely N-dealkylation sites (N-methyl/N-ethyl adjacent to an activating group) is 1. The number of allylic oxidation sites excluding steroid dienone is 8. The molecule has 0 bridgehead atoms. The Morgan fingerprint density at radius 1 is 0.477 bits per heavy atom. The van der Waals surface area contributed by atoms with E-state index in [1.165, 1.54) is 154 Å². The highest BCUT2D eigenvalue weighted by atomic mass is 31.2. The van der Waals surface area contributed by atoms with Crippen molar-refractivity contribution >= 4 is 19.8 Å². The summed E-state index contributed by atoms with van der Waals surface area (Å²) >= 11 is 0. The maximum atomic E-state index is 12.8. The van der Waals surface area contributed by atoms with Crippen molar-refractivity contribution in [1.82, 2.24) is 0 Å². The molecule has 0 aliphatic carbocycles. The Bertz CT molecular complexity index is 1240. The van der Waals surface area contributed by atoms with Gasteiger partial charge >= 0.3 is 11.9 Å². The predicted molar refractivity (Wildman–Crippen MR) is 273 cm³/mol. The molecule has 0 radical (unpaired) electrons. The van der Waals surface area contributed by atoms with Gasteiger partial charge < -0.3 is 27.9 Å². The Labute approximate surface area is 401 Å². The summed E-state index contributed by atoms with van der Waals surface area (Å²) in [5.74, 6) is -0.891. The predicted octanol–water partition coefficient (Wildman–Crippen LogP) is 15.6. The molecule has 0 aromatic rings. The number of rotatable bonds is 49. The van der Waals surface area contributed by atoms with Crippen LogP contribution >= 0.6 is 7.82 Å². The molecule has 380 valence electrons. The average Bonchev–Trinajstić information content (AvgIpc) is 3.26. The van der Waals surface area contributed by atoms with E-state index < -0.39 is 32.5 Å². The first kappa shape index (κ1) is 63.0. The minimum atomic E-state index is -4.64. The summed E-state index contributed by atoms with van der Waals surface area (Å²) in [6.07, 6.45) is 57.3. The number of carbonyl (C=O) groups excluding carboxylic acids is 2. The van der Waals surface area contributed by atoms with E-state index in [2.05, 4.69) is 62.5 Å². The number of hydrogen-bond acceptors (Lipinski definition) is 8. The Kier molecular flexibility index (Phi) is 45.6. The van der Waals surface area contributed by atoms with E-state index in [9.17, 15) is 19.0 Å². The molecule has 0 aliphatic rings. The van der Waals surface area contributed by atoms with E-state index in [-0.39, 0.29) is 26.1 Å². The lowest BCUT2D eigenvalue weighted by Crippen LogP contribution is -2.37. The van der Waals surface area contributed by atoms with Crippen LogP contribution in [0.25, 0.3) is 0 Å². The molecule has 0 saturated carbocycles. The minimum absolute atomic E-state index is 0.0389. The lowest BCUT2D eigenvalue weighted by Gasteiger charge is -2.28. The summed E-state index contributed by atoms with van der Waals surface area (Å²) in [6, 6.07) is 0. The topological polar surface area (TPSA) is 111 Å². The van der Waals surface area contributed by atoms with Crippen molar-refractivity contribution in [2.45, 2.75) is 245 Å². The van der Waals surface area contributed by atoms with Gasteiger partial charge in [-0.25, -0.2) is 0 Å². The van der Waals surface area contributed by atoms with E-state index in [1.807, 2.05) is 21.1 Å². The lowest BCUT2D eigenvalue weighted by molar-refractivity contribution is -0.870. The maximum Gasteiger partial charge on any atom is 0.306 e. The van der Waals surface area contributed by atoms with Gasteiger partial charge in [0.1, 0.15) is 19.8 Å². The molecule has 65 heavy (non-hydrogen) atoms. The van der Waals surface area contributed by atoms with Crippen LogP contribution in [-0.4, -0.2) is 70.0 Å². The second-order valence-electron chi connectivity index (χ2n) is 19.2. The molecule has 0 aromatic carbocycles. The van der Waals surface area contributed by atoms with Crippen LogP contribution in [0.1, 0.15) is 239 Å². The number of quaternary nitrogens is 1. The normalized spacial score (nSPS) is 13.8. The lowest BCUT2D eigenvalue weighted by atomic mass is 10.0. The minimum Gasteiger partial charge on any atom is -0.756 e. The summed E-state index contributed by atoms with van der Waals surface area (Å²) in [6.45, 7) is 4.20. The van der Waals surface area contributed by atoms with Crippen molar-refractivity contribution in [3.63, 3.8) is 0 Å². The number of nitrogens with zero attached hydrogens (tertiary/aromatic N) is 1. The molecule has 2 atom stereocenters. The molecule has 0 fully saturated rings. The van der Waals surface area contributed by atoms with E-state index in [1.54, 1.807) is 0 Å². The fraction of sp³-hybridized carbons (Fsp3) is 0.818. The zero-order valence-electron chi connectivity index (χ0n) is 42.9. The summed E-state index contributed by atoms with van der Waals surface area (Å²) in [5, 5.41) is 0. The van der Waals surface area contributed by atoms with E-state index >= 15 is 0 Å². The zero-order chi connectivity index (χ0) is 47.8. The third-order valence-electron chi connectivity index (χ3n) is 11.6. The van der Waals surface area contributed by atoms with Crippen LogP contribution < -0.4 is 4.89 Å². The van der Waals surface area contributed by atoms with Crippen LogP contribution in [-0.2, 0) is 32.7 Å². The van der Waals surface area contributed by atoms with Gasteiger partial charge in [-0.1, -0.05) is 223 Å². The first-order chi connectivity index (χ1) is 31.5. The van der Waals surface area contributed by atoms with Crippen molar-refractivity contribution < 1.29 is 42.1 Å². The van der Waals surface area contributed by atoms with Crippen molar-refractivity contribution in [2.75, 3.05) is 47.5 Å². The number of phosphoric acid groups is 1. The van der Waals surface area contributed by atoms with Crippen LogP contribution in [0.2, 0.25) is 0 Å². The number of ether oxygens (including phenoxy) is 2. The Hall–Kier alpha value is -2.03. The number of esters is 2. The van der Waals surface area contributed by atoms with Crippen LogP contribution in [0.15, 0.2) is 48.6 Å². The van der Waals surface area contributed by atoms with Crippen molar-refractivity contribution in [3.8, 4) is 0 Å². The van der Waals surface area contributed by atoms with Gasteiger partial charge in [-0.15, -0.1) is 0 Å². The van der Waals surface area contributed by atoms with Gasteiger partial charge in [0.15, 0.2) is 6.10 Å². The Balaban J connectivity index is 4.30. The molecule has 9 nitrogen and oxygen atoms in total. The molecule has 10 heteroatoms. The Morgan fingerprint density at radius 3 is 1.28 bits per heavy atom. The van der Waals surface area contributed by atoms with E-state index in [0.717, 1.165) is 44.9 Å². The second-order valence-corrected chi connectivity index (χ2v) is 20.7. The first-order valence-corrected chi connectivity index (χ1v) is 28.3. The molecule has 0 heterocycles. The zero-order valence-corrected chi connectivity index (χ0v) is 43.8. The molecule has 0 aromatic heterocycles. The summed E-state index contributed by atoms with van der Waals surface area (Å²) in [4.78, 5) is 37.7. The van der Waals surface area contributed by atoms with Gasteiger partial charge in [-0.05, 0) is 51.4 Å². The van der Waals surface area contributed by atoms with Crippen LogP contribution in [0.4, 0.5) is 0 Å². The van der Waals surface area contributed by atoms with Crippen molar-refractivity contribution in [1.29, 1.82) is 0 Å². The van der Waals surface area contributed by atoms with Gasteiger partial charge in [0.25, 0.3) is 7.82 Å². The van der Waals surface area contributed by atoms with Gasteiger partial charge in [0.05, 0.1) is 27.7 Å². The van der Waals surface area contributed by atoms with Gasteiger partial charge in [-0.2, -0.15) is 0 Å². The molecule has 0 saturated heterocycles. The molecule has 0 amide bonds. The summed E-state index contributed by atoms with van der Waals surface area (Å²) in [5.41, 5.74) is 0. The average molecular weight is 936 g/mol. The maximum absolute atomic E-state index is 12.8. The van der Waals surface area contributed by atoms with E-state index in [4.69, 9.17) is 18.5 Å². The number of carbonyl (C=O) groups is 2. The third kappa shape index (κ3) is 51.2. The summed E-state index contributed by atoms with van der Waals surface area (Å²) < 4.78 is 34.0. The Morgan fingerprint density at radius 2 is 0.846 bits per heavy atom. The number of unbranched alkanes of at least 4 members (excludes halogenated alkanes) is 27. The first-order valence-electron chi connectivity index (χ1n) is 26.8. The van der Waals surface area contributed by atoms with Gasteiger partial charge in [-0.3, -0.25) is 14.2 Å². The monoisotopic (exact) mass is 936 g/mol. The molecular formula is C55H102NO8P. The third-order valence-corrected chi connectivity index (χ3v) is 12.6. The van der Waals surface area contributed by atoms with Gasteiger partial charge in [0.2, 0.25) is 0 Å². The molecule has 0 aliphatic heterocycles. The standard InChI is InChI=1S/C55H102NO8P/c1-6-8-10-12-14-16-18-20-22-24-26-28-30-31-33-35-37-39-41-43-45-47-54(57)61-51-53(52-63-65(59,60)62-50-49-56(3,4)5)64-55(58)48-46-44-42-40-38-36-34-32-29-27-25-23-21-19-17-15-13-11-9-7-2/h22,24,28,30,33,35,39,41,53H,6-21,23,25-27,29,31-32,34,36-38,40,42-52H2,1-5H3/b24-22+,30-28+,35-33+,41-39+/t53-/m1/s1. The van der Waals surface area contributed by atoms with Crippen molar-refractivity contribution in [3.05, 3.63) is 48.6 Å².